The molecule has 0 bridgehead atoms. The van der Waals surface area contributed by atoms with E-state index in [1.54, 1.807) is 30.5 Å². The van der Waals surface area contributed by atoms with E-state index in [9.17, 15) is 23.2 Å². The van der Waals surface area contributed by atoms with Crippen LogP contribution in [-0.4, -0.2) is 27.0 Å². The number of carbonyl (C=O) groups excluding carboxylic acids is 3. The number of ketones is 2. The van der Waals surface area contributed by atoms with Gasteiger partial charge in [0.2, 0.25) is 5.91 Å². The molecule has 5 aromatic rings. The molecular weight excluding hydrogens is 536 g/mol. The minimum absolute atomic E-state index is 0.00691. The molecule has 0 fully saturated rings. The van der Waals surface area contributed by atoms with Crippen LogP contribution in [0.2, 0.25) is 0 Å². The minimum Gasteiger partial charge on any atom is -0.366 e. The molecule has 212 valence electrons. The Balaban J connectivity index is 1.55. The van der Waals surface area contributed by atoms with Crippen LogP contribution in [0.3, 0.4) is 0 Å². The average Bonchev–Trinajstić information content (AvgIpc) is 3.23. The van der Waals surface area contributed by atoms with E-state index in [1.165, 1.54) is 19.1 Å². The lowest BCUT2D eigenvalue weighted by molar-refractivity contribution is -0.120. The van der Waals surface area contributed by atoms with E-state index in [-0.39, 0.29) is 31.0 Å². The first-order chi connectivity index (χ1) is 20.1. The smallest absolute Gasteiger partial charge is 0.248 e. The van der Waals surface area contributed by atoms with Crippen molar-refractivity contribution in [1.82, 2.24) is 9.55 Å². The summed E-state index contributed by atoms with van der Waals surface area (Å²) < 4.78 is 30.2. The summed E-state index contributed by atoms with van der Waals surface area (Å²) in [6.45, 7) is 3.33. The van der Waals surface area contributed by atoms with Crippen LogP contribution in [0.5, 0.6) is 0 Å². The predicted molar refractivity (Wildman–Crippen MR) is 157 cm³/mol. The molecule has 0 saturated carbocycles. The number of para-hydroxylation sites is 1. The van der Waals surface area contributed by atoms with Gasteiger partial charge in [0, 0.05) is 57.9 Å². The number of amides is 1. The summed E-state index contributed by atoms with van der Waals surface area (Å²) in [5.74, 6) is -2.78. The Kier molecular flexibility index (Phi) is 8.06. The van der Waals surface area contributed by atoms with Gasteiger partial charge in [0.05, 0.1) is 12.2 Å². The Morgan fingerprint density at radius 2 is 1.67 bits per heavy atom. The van der Waals surface area contributed by atoms with E-state index in [0.717, 1.165) is 17.0 Å². The zero-order chi connectivity index (χ0) is 30.0. The Morgan fingerprint density at radius 1 is 0.929 bits per heavy atom. The number of primary amides is 1. The maximum Gasteiger partial charge on any atom is 0.248 e. The minimum atomic E-state index is -0.711. The second-order valence-corrected chi connectivity index (χ2v) is 10.4. The number of halogens is 2. The lowest BCUT2D eigenvalue weighted by Crippen LogP contribution is -2.18. The van der Waals surface area contributed by atoms with Crippen LogP contribution in [0.1, 0.15) is 56.9 Å². The molecule has 0 saturated heterocycles. The third-order valence-corrected chi connectivity index (χ3v) is 7.48. The molecule has 2 heterocycles. The quantitative estimate of drug-likeness (QED) is 0.194. The Labute approximate surface area is 241 Å². The second-order valence-electron chi connectivity index (χ2n) is 10.4. The van der Waals surface area contributed by atoms with Crippen LogP contribution in [0, 0.1) is 18.6 Å². The summed E-state index contributed by atoms with van der Waals surface area (Å²) >= 11 is 0. The van der Waals surface area contributed by atoms with Crippen LogP contribution in [0.15, 0.2) is 85.1 Å². The largest absolute Gasteiger partial charge is 0.366 e. The lowest BCUT2D eigenvalue weighted by Gasteiger charge is -2.20. The summed E-state index contributed by atoms with van der Waals surface area (Å²) in [7, 11) is 0. The van der Waals surface area contributed by atoms with Gasteiger partial charge in [-0.2, -0.15) is 0 Å². The maximum atomic E-state index is 14.2. The number of pyridine rings is 1. The van der Waals surface area contributed by atoms with E-state index in [4.69, 9.17) is 5.73 Å². The van der Waals surface area contributed by atoms with Crippen LogP contribution in [0.25, 0.3) is 22.0 Å². The van der Waals surface area contributed by atoms with E-state index in [0.29, 0.717) is 39.2 Å². The molecule has 3 aromatic carbocycles. The van der Waals surface area contributed by atoms with Crippen molar-refractivity contribution in [2.24, 2.45) is 5.73 Å². The summed E-state index contributed by atoms with van der Waals surface area (Å²) in [5, 5.41) is 0.781. The number of benzene rings is 3. The first-order valence-corrected chi connectivity index (χ1v) is 13.5. The third-order valence-electron chi connectivity index (χ3n) is 7.48. The van der Waals surface area contributed by atoms with Crippen molar-refractivity contribution in [3.8, 4) is 11.1 Å². The van der Waals surface area contributed by atoms with Gasteiger partial charge in [-0.1, -0.05) is 36.4 Å². The fourth-order valence-electron chi connectivity index (χ4n) is 5.70. The monoisotopic (exact) mass is 565 g/mol. The van der Waals surface area contributed by atoms with Crippen molar-refractivity contribution in [2.45, 2.75) is 39.2 Å². The molecule has 0 spiro atoms. The highest BCUT2D eigenvalue weighted by Gasteiger charge is 2.25. The molecule has 0 aliphatic rings. The van der Waals surface area contributed by atoms with Gasteiger partial charge in [0.15, 0.2) is 11.6 Å². The molecule has 2 aromatic heterocycles. The van der Waals surface area contributed by atoms with E-state index < -0.39 is 23.5 Å². The standard InChI is InChI=1S/C34H29F2N3O3/c1-20-32(21(2)40)30-9-3-4-11-31(30)39(20)19-28(41)17-25(13-22-14-26(35)18-27(36)15-22)33-29(10-6-12-38-33)23-7-5-8-24(16-23)34(37)42/h3-12,14-16,18,25H,13,17,19H2,1-2H3,(H2,37,42)/t25-/m1/s1. The lowest BCUT2D eigenvalue weighted by atomic mass is 9.86. The number of carbonyl (C=O) groups is 3. The van der Waals surface area contributed by atoms with Crippen molar-refractivity contribution < 1.29 is 23.2 Å². The van der Waals surface area contributed by atoms with Crippen molar-refractivity contribution in [2.75, 3.05) is 0 Å². The molecule has 1 atom stereocenters. The van der Waals surface area contributed by atoms with Gasteiger partial charge in [-0.05, 0) is 67.8 Å². The van der Waals surface area contributed by atoms with E-state index in [1.807, 2.05) is 47.9 Å². The van der Waals surface area contributed by atoms with Crippen molar-refractivity contribution >= 4 is 28.4 Å². The number of rotatable bonds is 10. The molecule has 0 radical (unpaired) electrons. The summed E-state index contributed by atoms with van der Waals surface area (Å²) in [6, 6.07) is 21.1. The molecule has 42 heavy (non-hydrogen) atoms. The Bertz CT molecular complexity index is 1820. The number of hydrogen-bond acceptors (Lipinski definition) is 4. The summed E-state index contributed by atoms with van der Waals surface area (Å²) in [6.07, 6.45) is 1.76. The van der Waals surface area contributed by atoms with Gasteiger partial charge >= 0.3 is 0 Å². The highest BCUT2D eigenvalue weighted by molar-refractivity contribution is 6.08. The van der Waals surface area contributed by atoms with E-state index in [2.05, 4.69) is 4.98 Å². The first-order valence-electron chi connectivity index (χ1n) is 13.5. The predicted octanol–water partition coefficient (Wildman–Crippen LogP) is 6.58. The van der Waals surface area contributed by atoms with Crippen LogP contribution >= 0.6 is 0 Å². The van der Waals surface area contributed by atoms with Crippen molar-refractivity contribution in [1.29, 1.82) is 0 Å². The van der Waals surface area contributed by atoms with Crippen LogP contribution in [-0.2, 0) is 17.8 Å². The van der Waals surface area contributed by atoms with Gasteiger partial charge in [0.1, 0.15) is 11.6 Å². The molecule has 0 aliphatic heterocycles. The highest BCUT2D eigenvalue weighted by Crippen LogP contribution is 2.34. The normalized spacial score (nSPS) is 11.9. The zero-order valence-corrected chi connectivity index (χ0v) is 23.2. The third kappa shape index (κ3) is 5.88. The molecule has 0 unspecified atom stereocenters. The number of nitrogens with zero attached hydrogens (tertiary/aromatic N) is 2. The average molecular weight is 566 g/mol. The van der Waals surface area contributed by atoms with Gasteiger partial charge in [-0.15, -0.1) is 0 Å². The number of aromatic nitrogens is 2. The number of hydrogen-bond donors (Lipinski definition) is 1. The Hall–Kier alpha value is -4.98. The zero-order valence-electron chi connectivity index (χ0n) is 23.2. The molecule has 8 heteroatoms. The fraction of sp³-hybridized carbons (Fsp3) is 0.176. The SMILES string of the molecule is CC(=O)c1c(C)n(CC(=O)C[C@@H](Cc2cc(F)cc(F)c2)c2ncccc2-c2cccc(C(N)=O)c2)c2ccccc12. The van der Waals surface area contributed by atoms with Gasteiger partial charge < -0.3 is 10.3 Å². The van der Waals surface area contributed by atoms with Crippen LogP contribution < -0.4 is 5.73 Å². The Morgan fingerprint density at radius 3 is 2.38 bits per heavy atom. The first kappa shape index (κ1) is 28.5. The molecule has 2 N–H and O–H groups in total. The van der Waals surface area contributed by atoms with Gasteiger partial charge in [0.25, 0.3) is 0 Å². The van der Waals surface area contributed by atoms with E-state index >= 15 is 0 Å². The van der Waals surface area contributed by atoms with Crippen molar-refractivity contribution in [3.63, 3.8) is 0 Å². The fourth-order valence-corrected chi connectivity index (χ4v) is 5.70. The number of fused-ring (bicyclic) bond motifs is 1. The van der Waals surface area contributed by atoms with Crippen LogP contribution in [0.4, 0.5) is 8.78 Å². The highest BCUT2D eigenvalue weighted by atomic mass is 19.1. The molecule has 1 amide bonds. The maximum absolute atomic E-state index is 14.2. The van der Waals surface area contributed by atoms with Gasteiger partial charge in [-0.25, -0.2) is 8.78 Å². The number of Topliss-reactive ketones (excluding diaryl/α,β-unsaturated/α-hetero) is 2. The summed E-state index contributed by atoms with van der Waals surface area (Å²) in [4.78, 5) is 42.7. The van der Waals surface area contributed by atoms with Crippen molar-refractivity contribution in [3.05, 3.63) is 125 Å². The topological polar surface area (TPSA) is 95.1 Å². The molecule has 5 rings (SSSR count). The molecule has 6 nitrogen and oxygen atoms in total. The molecular formula is C34H29F2N3O3. The number of nitrogens with two attached hydrogens (primary N) is 1. The summed E-state index contributed by atoms with van der Waals surface area (Å²) in [5.41, 5.74) is 10.2. The second kappa shape index (κ2) is 11.9. The van der Waals surface area contributed by atoms with Gasteiger partial charge in [-0.3, -0.25) is 19.4 Å². The molecule has 0 aliphatic carbocycles.